The van der Waals surface area contributed by atoms with Gasteiger partial charge in [0.1, 0.15) is 23.1 Å². The Balaban J connectivity index is 2.19. The van der Waals surface area contributed by atoms with Crippen molar-refractivity contribution < 1.29 is 23.5 Å². The van der Waals surface area contributed by atoms with Crippen molar-refractivity contribution in [1.82, 2.24) is 4.90 Å². The lowest BCUT2D eigenvalue weighted by Gasteiger charge is -2.29. The first-order chi connectivity index (χ1) is 12.7. The molecule has 0 unspecified atom stereocenters. The molecule has 1 aromatic carbocycles. The molecule has 1 aromatic rings. The van der Waals surface area contributed by atoms with Gasteiger partial charge < -0.3 is 9.47 Å². The van der Waals surface area contributed by atoms with E-state index < -0.39 is 29.3 Å². The number of halogens is 2. The smallest absolute Gasteiger partial charge is 0.411 e. The zero-order chi connectivity index (χ0) is 21.3. The molecule has 0 N–H and O–H groups in total. The summed E-state index contributed by atoms with van der Waals surface area (Å²) in [6.07, 6.45) is 0.461. The van der Waals surface area contributed by atoms with Crippen LogP contribution in [0.2, 0.25) is 0 Å². The number of nitrogens with zero attached hydrogens (tertiary/aromatic N) is 1. The number of carbonyl (C=O) groups is 2. The van der Waals surface area contributed by atoms with E-state index in [0.717, 1.165) is 5.56 Å². The first-order valence-electron chi connectivity index (χ1n) is 9.41. The van der Waals surface area contributed by atoms with Gasteiger partial charge in [-0.25, -0.2) is 14.0 Å². The van der Waals surface area contributed by atoms with Crippen molar-refractivity contribution in [3.63, 3.8) is 0 Å². The fourth-order valence-corrected chi connectivity index (χ4v) is 3.76. The van der Waals surface area contributed by atoms with Crippen molar-refractivity contribution >= 4 is 28.0 Å². The van der Waals surface area contributed by atoms with Crippen LogP contribution in [0.5, 0.6) is 0 Å². The summed E-state index contributed by atoms with van der Waals surface area (Å²) in [6, 6.07) is 4.01. The average Bonchev–Trinajstić information content (AvgIpc) is 2.86. The molecule has 0 radical (unpaired) electrons. The molecule has 1 saturated heterocycles. The van der Waals surface area contributed by atoms with E-state index >= 15 is 0 Å². The summed E-state index contributed by atoms with van der Waals surface area (Å²) in [5, 5.41) is 0. The summed E-state index contributed by atoms with van der Waals surface area (Å²) in [4.78, 5) is 26.8. The highest BCUT2D eigenvalue weighted by Gasteiger charge is 2.43. The molecule has 1 heterocycles. The maximum Gasteiger partial charge on any atom is 0.411 e. The lowest BCUT2D eigenvalue weighted by molar-refractivity contribution is -0.160. The van der Waals surface area contributed by atoms with Crippen molar-refractivity contribution in [3.05, 3.63) is 34.1 Å². The summed E-state index contributed by atoms with van der Waals surface area (Å²) in [5.41, 5.74) is -0.505. The Morgan fingerprint density at radius 3 is 2.25 bits per heavy atom. The van der Waals surface area contributed by atoms with Gasteiger partial charge in [0.15, 0.2) is 0 Å². The Labute approximate surface area is 174 Å². The first kappa shape index (κ1) is 22.7. The molecule has 0 saturated carbocycles. The fraction of sp³-hybridized carbons (Fsp3) is 0.619. The van der Waals surface area contributed by atoms with Gasteiger partial charge in [-0.2, -0.15) is 0 Å². The average molecular weight is 458 g/mol. The second-order valence-electron chi connectivity index (χ2n) is 9.27. The summed E-state index contributed by atoms with van der Waals surface area (Å²) in [6.45, 7) is 11.1. The molecule has 0 aromatic heterocycles. The van der Waals surface area contributed by atoms with E-state index in [2.05, 4.69) is 15.9 Å². The molecule has 2 rings (SSSR count). The fourth-order valence-electron chi connectivity index (χ4n) is 3.25. The number of ether oxygens (including phenoxy) is 2. The number of rotatable bonds is 3. The van der Waals surface area contributed by atoms with Crippen molar-refractivity contribution in [2.75, 3.05) is 6.54 Å². The van der Waals surface area contributed by atoms with E-state index in [-0.39, 0.29) is 11.7 Å². The van der Waals surface area contributed by atoms with E-state index in [1.54, 1.807) is 41.5 Å². The third-order valence-corrected chi connectivity index (χ3v) is 4.60. The molecule has 0 bridgehead atoms. The van der Waals surface area contributed by atoms with Crippen LogP contribution in [0, 0.1) is 11.7 Å². The molecule has 1 amide bonds. The molecule has 28 heavy (non-hydrogen) atoms. The van der Waals surface area contributed by atoms with E-state index in [1.807, 2.05) is 6.07 Å². The van der Waals surface area contributed by atoms with Crippen LogP contribution >= 0.6 is 15.9 Å². The number of benzene rings is 1. The highest BCUT2D eigenvalue weighted by Crippen LogP contribution is 2.30. The minimum atomic E-state index is -0.712. The number of carbonyl (C=O) groups excluding carboxylic acids is 2. The topological polar surface area (TPSA) is 55.8 Å². The van der Waals surface area contributed by atoms with E-state index in [9.17, 15) is 14.0 Å². The minimum absolute atomic E-state index is 0.00117. The Hall–Kier alpha value is -1.63. The van der Waals surface area contributed by atoms with Crippen molar-refractivity contribution in [2.45, 2.75) is 71.6 Å². The second-order valence-corrected chi connectivity index (χ2v) is 10.2. The van der Waals surface area contributed by atoms with Crippen LogP contribution in [0.25, 0.3) is 0 Å². The third-order valence-electron chi connectivity index (χ3n) is 4.14. The van der Waals surface area contributed by atoms with Crippen LogP contribution in [-0.2, 0) is 20.7 Å². The molecule has 0 aliphatic carbocycles. The minimum Gasteiger partial charge on any atom is -0.458 e. The highest BCUT2D eigenvalue weighted by atomic mass is 79.9. The zero-order valence-corrected chi connectivity index (χ0v) is 18.9. The number of hydrogen-bond acceptors (Lipinski definition) is 4. The highest BCUT2D eigenvalue weighted by molar-refractivity contribution is 9.10. The number of amides is 1. The summed E-state index contributed by atoms with van der Waals surface area (Å²) in [5.74, 6) is -0.768. The molecule has 1 fully saturated rings. The van der Waals surface area contributed by atoms with Crippen molar-refractivity contribution in [3.8, 4) is 0 Å². The van der Waals surface area contributed by atoms with Crippen LogP contribution in [0.1, 0.15) is 53.5 Å². The van der Waals surface area contributed by atoms with E-state index in [0.29, 0.717) is 23.9 Å². The maximum atomic E-state index is 13.7. The Morgan fingerprint density at radius 1 is 1.11 bits per heavy atom. The third kappa shape index (κ3) is 6.76. The molecule has 2 atom stereocenters. The summed E-state index contributed by atoms with van der Waals surface area (Å²) >= 11 is 3.30. The molecule has 0 spiro atoms. The number of hydrogen-bond donors (Lipinski definition) is 0. The van der Waals surface area contributed by atoms with Gasteiger partial charge in [-0.1, -0.05) is 15.9 Å². The second kappa shape index (κ2) is 8.39. The van der Waals surface area contributed by atoms with Gasteiger partial charge in [0.2, 0.25) is 0 Å². The van der Waals surface area contributed by atoms with E-state index in [4.69, 9.17) is 9.47 Å². The Morgan fingerprint density at radius 2 is 1.71 bits per heavy atom. The van der Waals surface area contributed by atoms with Gasteiger partial charge in [-0.15, -0.1) is 0 Å². The standard InChI is InChI=1S/C21H29BrFNO4/c1-20(2,3)27-18(25)17-10-14(7-13-8-15(22)11-16(23)9-13)12-24(17)19(26)28-21(4,5)6/h8-9,11,14,17H,7,10,12H2,1-6H3/t14-,17-/m0/s1. The quantitative estimate of drug-likeness (QED) is 0.592. The van der Waals surface area contributed by atoms with Crippen molar-refractivity contribution in [2.24, 2.45) is 5.92 Å². The molecule has 1 aliphatic heterocycles. The van der Waals surface area contributed by atoms with Gasteiger partial charge in [-0.05, 0) is 84.1 Å². The van der Waals surface area contributed by atoms with Crippen LogP contribution < -0.4 is 0 Å². The molecule has 5 nitrogen and oxygen atoms in total. The van der Waals surface area contributed by atoms with Crippen LogP contribution in [0.4, 0.5) is 9.18 Å². The number of esters is 1. The van der Waals surface area contributed by atoms with Crippen LogP contribution in [0.15, 0.2) is 22.7 Å². The molecule has 1 aliphatic rings. The van der Waals surface area contributed by atoms with E-state index in [1.165, 1.54) is 17.0 Å². The lowest BCUT2D eigenvalue weighted by Crippen LogP contribution is -2.45. The molecule has 7 heteroatoms. The summed E-state index contributed by atoms with van der Waals surface area (Å²) < 4.78 is 25.3. The normalized spacial score (nSPS) is 20.2. The lowest BCUT2D eigenvalue weighted by atomic mass is 9.96. The predicted octanol–water partition coefficient (Wildman–Crippen LogP) is 5.10. The maximum absolute atomic E-state index is 13.7. The van der Waals surface area contributed by atoms with Crippen LogP contribution in [0.3, 0.4) is 0 Å². The SMILES string of the molecule is CC(C)(C)OC(=O)[C@@H]1C[C@H](Cc2cc(F)cc(Br)c2)CN1C(=O)OC(C)(C)C. The summed E-state index contributed by atoms with van der Waals surface area (Å²) in [7, 11) is 0. The predicted molar refractivity (Wildman–Crippen MR) is 108 cm³/mol. The first-order valence-corrected chi connectivity index (χ1v) is 10.2. The Bertz CT molecular complexity index is 683. The van der Waals surface area contributed by atoms with Gasteiger partial charge in [0, 0.05) is 11.0 Å². The number of likely N-dealkylation sites (tertiary alicyclic amines) is 1. The zero-order valence-electron chi connectivity index (χ0n) is 17.3. The Kier molecular flexibility index (Phi) is 6.79. The van der Waals surface area contributed by atoms with Gasteiger partial charge >= 0.3 is 12.1 Å². The monoisotopic (exact) mass is 457 g/mol. The van der Waals surface area contributed by atoms with Gasteiger partial charge in [0.05, 0.1) is 0 Å². The largest absolute Gasteiger partial charge is 0.458 e. The molecule has 156 valence electrons. The van der Waals surface area contributed by atoms with Crippen LogP contribution in [-0.4, -0.2) is 40.8 Å². The van der Waals surface area contributed by atoms with Gasteiger partial charge in [-0.3, -0.25) is 4.90 Å². The molecular formula is C21H29BrFNO4. The van der Waals surface area contributed by atoms with Crippen molar-refractivity contribution in [1.29, 1.82) is 0 Å². The molecular weight excluding hydrogens is 429 g/mol. The van der Waals surface area contributed by atoms with Gasteiger partial charge in [0.25, 0.3) is 0 Å².